The van der Waals surface area contributed by atoms with E-state index in [0.717, 1.165) is 29.0 Å². The summed E-state index contributed by atoms with van der Waals surface area (Å²) in [5.41, 5.74) is 3.30. The number of amides is 2. The van der Waals surface area contributed by atoms with Crippen LogP contribution >= 0.6 is 0 Å². The summed E-state index contributed by atoms with van der Waals surface area (Å²) >= 11 is 0. The molecule has 1 atom stereocenters. The van der Waals surface area contributed by atoms with Gasteiger partial charge in [0, 0.05) is 26.2 Å². The van der Waals surface area contributed by atoms with Crippen molar-refractivity contribution in [3.63, 3.8) is 0 Å². The highest BCUT2D eigenvalue weighted by molar-refractivity contribution is 5.88. The monoisotopic (exact) mass is 395 g/mol. The quantitative estimate of drug-likeness (QED) is 0.720. The molecule has 0 aromatic heterocycles. The first-order valence-electron chi connectivity index (χ1n) is 10.1. The Hall–Kier alpha value is -2.86. The number of carbonyl (C=O) groups is 2. The summed E-state index contributed by atoms with van der Waals surface area (Å²) in [7, 11) is 0. The first-order chi connectivity index (χ1) is 14.0. The molecule has 1 fully saturated rings. The van der Waals surface area contributed by atoms with Gasteiger partial charge >= 0.3 is 0 Å². The van der Waals surface area contributed by atoms with Crippen LogP contribution in [-0.2, 0) is 22.7 Å². The first kappa shape index (κ1) is 20.9. The molecule has 3 rings (SSSR count). The number of rotatable bonds is 8. The van der Waals surface area contributed by atoms with Crippen LogP contribution < -0.4 is 15.4 Å². The van der Waals surface area contributed by atoms with Crippen LogP contribution in [0.4, 0.5) is 0 Å². The predicted octanol–water partition coefficient (Wildman–Crippen LogP) is 2.40. The Labute approximate surface area is 172 Å². The van der Waals surface area contributed by atoms with E-state index in [1.807, 2.05) is 62.4 Å². The standard InChI is InChI=1S/C23H29N3O3/c1-3-29-20-9-7-18(8-10-20)16-26-12-11-24-23(28)21(26)14-22(27)25-15-19-6-4-5-17(2)13-19/h4-10,13,21H,3,11-12,14-16H2,1-2H3,(H,24,28)(H,25,27). The van der Waals surface area contributed by atoms with E-state index in [2.05, 4.69) is 15.5 Å². The van der Waals surface area contributed by atoms with Gasteiger partial charge in [-0.25, -0.2) is 0 Å². The van der Waals surface area contributed by atoms with Crippen LogP contribution in [0.3, 0.4) is 0 Å². The molecule has 1 saturated heterocycles. The van der Waals surface area contributed by atoms with Crippen LogP contribution in [0.5, 0.6) is 5.75 Å². The van der Waals surface area contributed by atoms with Gasteiger partial charge in [-0.3, -0.25) is 14.5 Å². The van der Waals surface area contributed by atoms with E-state index in [1.165, 1.54) is 0 Å². The maximum absolute atomic E-state index is 12.5. The Bertz CT molecular complexity index is 836. The summed E-state index contributed by atoms with van der Waals surface area (Å²) in [5.74, 6) is 0.623. The van der Waals surface area contributed by atoms with Crippen molar-refractivity contribution in [1.29, 1.82) is 0 Å². The highest BCUT2D eigenvalue weighted by Crippen LogP contribution is 2.17. The summed E-state index contributed by atoms with van der Waals surface area (Å²) in [6.07, 6.45) is 0.147. The molecule has 0 bridgehead atoms. The Morgan fingerprint density at radius 1 is 1.21 bits per heavy atom. The summed E-state index contributed by atoms with van der Waals surface area (Å²) < 4.78 is 5.48. The Morgan fingerprint density at radius 2 is 2.00 bits per heavy atom. The largest absolute Gasteiger partial charge is 0.494 e. The Morgan fingerprint density at radius 3 is 2.72 bits per heavy atom. The zero-order valence-electron chi connectivity index (χ0n) is 17.1. The van der Waals surface area contributed by atoms with Gasteiger partial charge < -0.3 is 15.4 Å². The second kappa shape index (κ2) is 10.1. The Balaban J connectivity index is 1.58. The van der Waals surface area contributed by atoms with E-state index in [4.69, 9.17) is 4.74 Å². The molecule has 1 unspecified atom stereocenters. The molecule has 1 aliphatic rings. The van der Waals surface area contributed by atoms with Crippen molar-refractivity contribution in [3.05, 3.63) is 65.2 Å². The molecule has 6 nitrogen and oxygen atoms in total. The second-order valence-corrected chi connectivity index (χ2v) is 7.32. The molecule has 0 saturated carbocycles. The summed E-state index contributed by atoms with van der Waals surface area (Å²) in [6, 6.07) is 15.5. The van der Waals surface area contributed by atoms with Crippen molar-refractivity contribution >= 4 is 11.8 Å². The van der Waals surface area contributed by atoms with Gasteiger partial charge in [-0.1, -0.05) is 42.0 Å². The van der Waals surface area contributed by atoms with E-state index in [1.54, 1.807) is 0 Å². The van der Waals surface area contributed by atoms with Gasteiger partial charge in [0.15, 0.2) is 0 Å². The smallest absolute Gasteiger partial charge is 0.237 e. The molecular formula is C23H29N3O3. The number of nitrogens with zero attached hydrogens (tertiary/aromatic N) is 1. The van der Waals surface area contributed by atoms with Crippen molar-refractivity contribution in [1.82, 2.24) is 15.5 Å². The molecule has 154 valence electrons. The summed E-state index contributed by atoms with van der Waals surface area (Å²) in [4.78, 5) is 27.0. The van der Waals surface area contributed by atoms with Gasteiger partial charge in [-0.05, 0) is 37.1 Å². The average molecular weight is 396 g/mol. The molecule has 6 heteroatoms. The third-order valence-corrected chi connectivity index (χ3v) is 5.01. The number of hydrogen-bond donors (Lipinski definition) is 2. The van der Waals surface area contributed by atoms with Gasteiger partial charge in [-0.2, -0.15) is 0 Å². The van der Waals surface area contributed by atoms with Crippen LogP contribution in [-0.4, -0.2) is 42.5 Å². The molecule has 0 radical (unpaired) electrons. The van der Waals surface area contributed by atoms with Crippen LogP contribution in [0.25, 0.3) is 0 Å². The van der Waals surface area contributed by atoms with E-state index in [-0.39, 0.29) is 18.2 Å². The van der Waals surface area contributed by atoms with Gasteiger partial charge in [0.2, 0.25) is 11.8 Å². The molecule has 1 heterocycles. The van der Waals surface area contributed by atoms with Gasteiger partial charge in [0.1, 0.15) is 5.75 Å². The maximum Gasteiger partial charge on any atom is 0.237 e. The summed E-state index contributed by atoms with van der Waals surface area (Å²) in [6.45, 7) is 7.01. The minimum atomic E-state index is -0.465. The maximum atomic E-state index is 12.5. The zero-order valence-corrected chi connectivity index (χ0v) is 17.1. The van der Waals surface area contributed by atoms with Crippen molar-refractivity contribution < 1.29 is 14.3 Å². The number of nitrogens with one attached hydrogen (secondary N) is 2. The van der Waals surface area contributed by atoms with Crippen LogP contribution in [0.2, 0.25) is 0 Å². The van der Waals surface area contributed by atoms with Crippen LogP contribution in [0, 0.1) is 6.92 Å². The normalized spacial score (nSPS) is 16.9. The summed E-state index contributed by atoms with van der Waals surface area (Å²) in [5, 5.41) is 5.82. The highest BCUT2D eigenvalue weighted by Gasteiger charge is 2.31. The molecule has 2 aromatic carbocycles. The number of ether oxygens (including phenoxy) is 1. The van der Waals surface area contributed by atoms with Crippen molar-refractivity contribution in [3.8, 4) is 5.75 Å². The fourth-order valence-corrected chi connectivity index (χ4v) is 3.54. The molecule has 2 N–H and O–H groups in total. The van der Waals surface area contributed by atoms with E-state index < -0.39 is 6.04 Å². The lowest BCUT2D eigenvalue weighted by Gasteiger charge is -2.34. The molecule has 2 aromatic rings. The number of piperazine rings is 1. The van der Waals surface area contributed by atoms with E-state index in [0.29, 0.717) is 26.2 Å². The first-order valence-corrected chi connectivity index (χ1v) is 10.1. The predicted molar refractivity (Wildman–Crippen MR) is 112 cm³/mol. The van der Waals surface area contributed by atoms with Crippen LogP contribution in [0.15, 0.2) is 48.5 Å². The highest BCUT2D eigenvalue weighted by atomic mass is 16.5. The van der Waals surface area contributed by atoms with Gasteiger partial charge in [-0.15, -0.1) is 0 Å². The molecule has 0 spiro atoms. The lowest BCUT2D eigenvalue weighted by atomic mass is 10.1. The molecular weight excluding hydrogens is 366 g/mol. The molecule has 2 amide bonds. The molecule has 29 heavy (non-hydrogen) atoms. The fraction of sp³-hybridized carbons (Fsp3) is 0.391. The minimum absolute atomic E-state index is 0.0899. The number of aryl methyl sites for hydroxylation is 1. The molecule has 1 aliphatic heterocycles. The molecule has 0 aliphatic carbocycles. The zero-order chi connectivity index (χ0) is 20.6. The van der Waals surface area contributed by atoms with Gasteiger partial charge in [0.25, 0.3) is 0 Å². The fourth-order valence-electron chi connectivity index (χ4n) is 3.54. The van der Waals surface area contributed by atoms with Gasteiger partial charge in [0.05, 0.1) is 19.1 Å². The second-order valence-electron chi connectivity index (χ2n) is 7.32. The lowest BCUT2D eigenvalue weighted by molar-refractivity contribution is -0.134. The number of hydrogen-bond acceptors (Lipinski definition) is 4. The minimum Gasteiger partial charge on any atom is -0.494 e. The number of carbonyl (C=O) groups excluding carboxylic acids is 2. The SMILES string of the molecule is CCOc1ccc(CN2CCNC(=O)C2CC(=O)NCc2cccc(C)c2)cc1. The third-order valence-electron chi connectivity index (χ3n) is 5.01. The Kier molecular flexibility index (Phi) is 7.25. The van der Waals surface area contributed by atoms with Crippen molar-refractivity contribution in [2.75, 3.05) is 19.7 Å². The third kappa shape index (κ3) is 6.06. The van der Waals surface area contributed by atoms with Crippen LogP contribution in [0.1, 0.15) is 30.0 Å². The lowest BCUT2D eigenvalue weighted by Crippen LogP contribution is -2.56. The average Bonchev–Trinajstić information content (AvgIpc) is 2.71. The van der Waals surface area contributed by atoms with E-state index in [9.17, 15) is 9.59 Å². The van der Waals surface area contributed by atoms with E-state index >= 15 is 0 Å². The van der Waals surface area contributed by atoms with Crippen molar-refractivity contribution in [2.24, 2.45) is 0 Å². The van der Waals surface area contributed by atoms with Crippen molar-refractivity contribution in [2.45, 2.75) is 39.4 Å². The topological polar surface area (TPSA) is 70.7 Å². The number of benzene rings is 2.